The highest BCUT2D eigenvalue weighted by atomic mass is 35.5. The number of morpholine rings is 4. The Morgan fingerprint density at radius 1 is 0.692 bits per heavy atom. The van der Waals surface area contributed by atoms with Crippen LogP contribution in [-0.4, -0.2) is 209 Å². The highest BCUT2D eigenvalue weighted by Crippen LogP contribution is 2.38. The van der Waals surface area contributed by atoms with Gasteiger partial charge in [-0.1, -0.05) is 0 Å². The summed E-state index contributed by atoms with van der Waals surface area (Å²) in [5.74, 6) is 1.92. The summed E-state index contributed by atoms with van der Waals surface area (Å²) in [5.41, 5.74) is 3.65. The second-order valence-corrected chi connectivity index (χ2v) is 21.8. The Hall–Kier alpha value is -5.46. The number of ether oxygens (including phenoxy) is 4. The third kappa shape index (κ3) is 14.3. The molecule has 0 radical (unpaired) electrons. The lowest BCUT2D eigenvalue weighted by atomic mass is 9.77. The van der Waals surface area contributed by atoms with Gasteiger partial charge in [-0.05, 0) is 79.1 Å². The molecule has 5 aliphatic rings. The first kappa shape index (κ1) is 60.2. The Bertz CT molecular complexity index is 2670. The van der Waals surface area contributed by atoms with Crippen LogP contribution in [0.25, 0.3) is 11.4 Å². The van der Waals surface area contributed by atoms with Gasteiger partial charge in [0.25, 0.3) is 12.9 Å². The molecule has 78 heavy (non-hydrogen) atoms. The number of nitrogen functional groups attached to an aromatic ring is 1. The van der Waals surface area contributed by atoms with E-state index in [1.807, 2.05) is 56.2 Å². The SMILES string of the molecule is CC1(C)COCCN1c1nc(-c2cnc(N)cc2C(F)F)nc(N2CCOC[C@H]2CO)n1.CC1(C)COCCN1c1nc(Cl)nc(N2CCOC[C@H]2CO)n1.CN(C)C=Nc1cc(C(F)F)c(B2OC(C)(C)C(C)(C)O2)cn1. The molecule has 0 aromatic carbocycles. The third-order valence-electron chi connectivity index (χ3n) is 13.9. The van der Waals surface area contributed by atoms with E-state index in [0.29, 0.717) is 96.9 Å². The topological polar surface area (TPSA) is 254 Å². The third-order valence-corrected chi connectivity index (χ3v) is 14.1. The van der Waals surface area contributed by atoms with Crippen molar-refractivity contribution in [3.8, 4) is 11.4 Å². The van der Waals surface area contributed by atoms with Gasteiger partial charge >= 0.3 is 7.12 Å². The zero-order chi connectivity index (χ0) is 56.7. The number of halogens is 5. The standard InChI is InChI=1S/C20H27F2N7O3.C15H22BF2N3O2.C14H22ClN5O3/c1-20(2)11-32-6-4-29(20)19-26-17(14-8-24-15(23)7-13(14)16(21)22)25-18(27-19)28-3-5-31-10-12(28)9-30;1-14(2)15(3,4)23-16(22-14)11-8-19-12(20-9-21(5)6)7-10(11)13(17)18;1-14(2)9-23-6-4-20(14)13-17-11(15)16-12(18-13)19-3-5-22-8-10(19)7-21/h7-8,12,16,30H,3-6,9-11H2,1-2H3,(H2,23,24);7-9,13H,1-6H3;10,21H,3-9H2,1-2H3/t12-;;10-/m1.1/s1. The number of aliphatic imine (C=N–C) groups is 1. The van der Waals surface area contributed by atoms with E-state index in [9.17, 15) is 27.8 Å². The maximum atomic E-state index is 13.8. The molecule has 5 fully saturated rings. The molecule has 0 amide bonds. The van der Waals surface area contributed by atoms with Crippen LogP contribution >= 0.6 is 11.6 Å². The Morgan fingerprint density at radius 2 is 1.18 bits per heavy atom. The van der Waals surface area contributed by atoms with E-state index in [1.54, 1.807) is 19.0 Å². The van der Waals surface area contributed by atoms with Gasteiger partial charge < -0.3 is 68.7 Å². The normalized spacial score (nSPS) is 21.9. The molecule has 5 saturated heterocycles. The second-order valence-electron chi connectivity index (χ2n) is 21.5. The summed E-state index contributed by atoms with van der Waals surface area (Å²) in [6.45, 7) is 21.7. The molecule has 0 unspecified atom stereocenters. The minimum absolute atomic E-state index is 0.0126. The Morgan fingerprint density at radius 3 is 1.68 bits per heavy atom. The summed E-state index contributed by atoms with van der Waals surface area (Å²) in [4.78, 5) is 48.5. The van der Waals surface area contributed by atoms with E-state index in [2.05, 4.69) is 63.6 Å². The molecule has 9 rings (SSSR count). The molecule has 5 aliphatic heterocycles. The largest absolute Gasteiger partial charge is 0.496 e. The lowest BCUT2D eigenvalue weighted by molar-refractivity contribution is 0.00578. The van der Waals surface area contributed by atoms with Crippen LogP contribution in [0.15, 0.2) is 29.5 Å². The molecule has 9 heterocycles. The number of hydrogen-bond donors (Lipinski definition) is 3. The quantitative estimate of drug-likeness (QED) is 0.0780. The molecule has 428 valence electrons. The van der Waals surface area contributed by atoms with Crippen LogP contribution in [0.2, 0.25) is 5.28 Å². The first-order valence-corrected chi connectivity index (χ1v) is 25.9. The van der Waals surface area contributed by atoms with Crippen LogP contribution in [0, 0.1) is 0 Å². The van der Waals surface area contributed by atoms with Gasteiger partial charge in [0, 0.05) is 74.8 Å². The number of aliphatic hydroxyl groups is 2. The zero-order valence-corrected chi connectivity index (χ0v) is 46.5. The number of nitrogens with zero attached hydrogens (tertiary/aromatic N) is 14. The van der Waals surface area contributed by atoms with E-state index in [-0.39, 0.29) is 81.7 Å². The summed E-state index contributed by atoms with van der Waals surface area (Å²) in [6, 6.07) is 1.87. The smallest absolute Gasteiger partial charge is 0.399 e. The maximum Gasteiger partial charge on any atom is 0.496 e. The Labute approximate surface area is 457 Å². The molecule has 0 saturated carbocycles. The minimum Gasteiger partial charge on any atom is -0.399 e. The van der Waals surface area contributed by atoms with Gasteiger partial charge in [0.2, 0.25) is 29.1 Å². The highest BCUT2D eigenvalue weighted by Gasteiger charge is 2.53. The van der Waals surface area contributed by atoms with Gasteiger partial charge in [0.1, 0.15) is 5.82 Å². The van der Waals surface area contributed by atoms with Crippen molar-refractivity contribution in [3.63, 3.8) is 0 Å². The van der Waals surface area contributed by atoms with E-state index in [0.717, 1.165) is 6.07 Å². The van der Waals surface area contributed by atoms with Gasteiger partial charge in [-0.15, -0.1) is 0 Å². The van der Waals surface area contributed by atoms with Crippen molar-refractivity contribution >= 4 is 65.9 Å². The molecular weight excluding hydrogens is 1050 g/mol. The van der Waals surface area contributed by atoms with Gasteiger partial charge in [-0.25, -0.2) is 32.5 Å². The maximum absolute atomic E-state index is 13.8. The monoisotopic (exact) mass is 1120 g/mol. The number of anilines is 5. The molecule has 0 spiro atoms. The molecule has 29 heteroatoms. The van der Waals surface area contributed by atoms with Crippen LogP contribution in [0.5, 0.6) is 0 Å². The first-order valence-electron chi connectivity index (χ1n) is 25.5. The molecular formula is C49H71BClF4N15O8. The number of rotatable bonds is 12. The number of hydrogen-bond acceptors (Lipinski definition) is 22. The first-order chi connectivity index (χ1) is 36.8. The highest BCUT2D eigenvalue weighted by molar-refractivity contribution is 6.62. The van der Waals surface area contributed by atoms with Gasteiger partial charge in [0.05, 0.1) is 107 Å². The number of nitrogens with two attached hydrogens (primary N) is 1. The number of alkyl halides is 4. The summed E-state index contributed by atoms with van der Waals surface area (Å²) in [5, 5.41) is 19.5. The number of aromatic nitrogens is 8. The van der Waals surface area contributed by atoms with Crippen LogP contribution < -0.4 is 30.8 Å². The molecule has 23 nitrogen and oxygen atoms in total. The lowest BCUT2D eigenvalue weighted by Crippen LogP contribution is -2.54. The Kier molecular flexibility index (Phi) is 19.6. The van der Waals surface area contributed by atoms with Gasteiger partial charge in [-0.2, -0.15) is 29.9 Å². The van der Waals surface area contributed by atoms with Crippen LogP contribution in [-0.2, 0) is 28.3 Å². The summed E-state index contributed by atoms with van der Waals surface area (Å²) in [6.07, 6.45) is -1.34. The van der Waals surface area contributed by atoms with Crippen molar-refractivity contribution in [2.75, 3.05) is 132 Å². The summed E-state index contributed by atoms with van der Waals surface area (Å²) < 4.78 is 88.2. The van der Waals surface area contributed by atoms with Crippen molar-refractivity contribution < 1.29 is 56.0 Å². The number of pyridine rings is 2. The average molecular weight is 1120 g/mol. The average Bonchev–Trinajstić information content (AvgIpc) is 3.69. The van der Waals surface area contributed by atoms with E-state index >= 15 is 0 Å². The van der Waals surface area contributed by atoms with E-state index < -0.39 is 36.7 Å². The van der Waals surface area contributed by atoms with Crippen molar-refractivity contribution in [2.45, 2.75) is 103 Å². The van der Waals surface area contributed by atoms with Crippen LogP contribution in [0.1, 0.15) is 79.4 Å². The Balaban J connectivity index is 0.000000173. The molecule has 2 atom stereocenters. The summed E-state index contributed by atoms with van der Waals surface area (Å²) in [7, 11) is 2.70. The fraction of sp³-hybridized carbons (Fsp3) is 0.653. The minimum atomic E-state index is -2.78. The van der Waals surface area contributed by atoms with Gasteiger partial charge in [0.15, 0.2) is 11.6 Å². The molecule has 4 aromatic heterocycles. The van der Waals surface area contributed by atoms with Crippen molar-refractivity contribution in [3.05, 3.63) is 40.9 Å². The predicted octanol–water partition coefficient (Wildman–Crippen LogP) is 4.14. The molecule has 4 aromatic rings. The second kappa shape index (κ2) is 25.3. The van der Waals surface area contributed by atoms with Crippen molar-refractivity contribution in [1.29, 1.82) is 0 Å². The fourth-order valence-corrected chi connectivity index (χ4v) is 8.98. The van der Waals surface area contributed by atoms with Crippen molar-refractivity contribution in [2.24, 2.45) is 4.99 Å². The summed E-state index contributed by atoms with van der Waals surface area (Å²) >= 11 is 6.13. The molecule has 0 aliphatic carbocycles. The van der Waals surface area contributed by atoms with Crippen LogP contribution in [0.4, 0.5) is 53.0 Å². The molecule has 4 N–H and O–H groups in total. The zero-order valence-electron chi connectivity index (χ0n) is 45.7. The van der Waals surface area contributed by atoms with E-state index in [1.165, 1.54) is 24.8 Å². The van der Waals surface area contributed by atoms with E-state index in [4.69, 9.17) is 45.6 Å². The molecule has 0 bridgehead atoms. The predicted molar refractivity (Wildman–Crippen MR) is 287 cm³/mol. The fourth-order valence-electron chi connectivity index (χ4n) is 8.83. The lowest BCUT2D eigenvalue weighted by Gasteiger charge is -2.42. The van der Waals surface area contributed by atoms with Crippen LogP contribution in [0.3, 0.4) is 0 Å². The van der Waals surface area contributed by atoms with Crippen molar-refractivity contribution in [1.82, 2.24) is 44.8 Å². The number of aliphatic hydroxyl groups excluding tert-OH is 2. The van der Waals surface area contributed by atoms with Gasteiger partial charge in [-0.3, -0.25) is 0 Å².